The molecule has 132 valence electrons. The van der Waals surface area contributed by atoms with Gasteiger partial charge in [-0.25, -0.2) is 14.8 Å². The highest BCUT2D eigenvalue weighted by Gasteiger charge is 2.54. The van der Waals surface area contributed by atoms with Gasteiger partial charge in [0.1, 0.15) is 0 Å². The average molecular weight is 352 g/mol. The average Bonchev–Trinajstić information content (AvgIpc) is 3.44. The molecule has 0 radical (unpaired) electrons. The third kappa shape index (κ3) is 2.47. The van der Waals surface area contributed by atoms with Crippen LogP contribution in [0.3, 0.4) is 0 Å². The second-order valence-electron chi connectivity index (χ2n) is 7.56. The molecule has 2 saturated carbocycles. The van der Waals surface area contributed by atoms with E-state index < -0.39 is 0 Å². The van der Waals surface area contributed by atoms with Crippen molar-refractivity contribution >= 4 is 23.4 Å². The molecule has 2 aliphatic carbocycles. The molecule has 0 unspecified atom stereocenters. The summed E-state index contributed by atoms with van der Waals surface area (Å²) in [5.74, 6) is 2.59. The first-order valence-corrected chi connectivity index (χ1v) is 9.56. The molecule has 3 nitrogen and oxygen atoms in total. The lowest BCUT2D eigenvalue weighted by Crippen LogP contribution is -2.28. The summed E-state index contributed by atoms with van der Waals surface area (Å²) in [4.78, 5) is 19.7. The van der Waals surface area contributed by atoms with Crippen molar-refractivity contribution < 1.29 is 4.79 Å². The zero-order chi connectivity index (χ0) is 18.3. The van der Waals surface area contributed by atoms with Crippen LogP contribution in [0.1, 0.15) is 36.8 Å². The Morgan fingerprint density at radius 1 is 0.926 bits per heavy atom. The molecule has 0 amide bonds. The third-order valence-corrected chi connectivity index (χ3v) is 6.27. The number of fused-ring (bicyclic) bond motifs is 2. The van der Waals surface area contributed by atoms with Gasteiger partial charge in [-0.2, -0.15) is 0 Å². The van der Waals surface area contributed by atoms with E-state index in [0.29, 0.717) is 5.92 Å². The van der Waals surface area contributed by atoms with Gasteiger partial charge in [0.05, 0.1) is 11.9 Å². The molecule has 1 heterocycles. The molecule has 2 bridgehead atoms. The van der Waals surface area contributed by atoms with E-state index in [4.69, 9.17) is 0 Å². The second-order valence-corrected chi connectivity index (χ2v) is 7.56. The van der Waals surface area contributed by atoms with Crippen LogP contribution in [0.15, 0.2) is 82.0 Å². The molecule has 2 aromatic rings. The molecule has 0 spiro atoms. The summed E-state index contributed by atoms with van der Waals surface area (Å²) >= 11 is 0. The zero-order valence-electron chi connectivity index (χ0n) is 15.1. The SMILES string of the molecule is O=C=C1N=CC(C23CCC(CC2)C3=C(c2ccccc2)c2ccccc2)=N1. The number of hydrogen-bond donors (Lipinski definition) is 0. The summed E-state index contributed by atoms with van der Waals surface area (Å²) in [6.45, 7) is 0. The summed E-state index contributed by atoms with van der Waals surface area (Å²) in [6, 6.07) is 21.3. The van der Waals surface area contributed by atoms with Crippen LogP contribution >= 0.6 is 0 Å². The minimum atomic E-state index is -0.103. The first kappa shape index (κ1) is 16.2. The van der Waals surface area contributed by atoms with Crippen molar-refractivity contribution in [2.24, 2.45) is 21.3 Å². The Kier molecular flexibility index (Phi) is 3.77. The summed E-state index contributed by atoms with van der Waals surface area (Å²) in [7, 11) is 0. The van der Waals surface area contributed by atoms with Gasteiger partial charge in [-0.1, -0.05) is 60.7 Å². The minimum Gasteiger partial charge on any atom is -0.229 e. The maximum Gasteiger partial charge on any atom is 0.239 e. The Balaban J connectivity index is 1.78. The smallest absolute Gasteiger partial charge is 0.229 e. The lowest BCUT2D eigenvalue weighted by atomic mass is 9.74. The fraction of sp³-hybridized carbons (Fsp3) is 0.250. The summed E-state index contributed by atoms with van der Waals surface area (Å²) in [6.07, 6.45) is 6.29. The summed E-state index contributed by atoms with van der Waals surface area (Å²) in [5, 5.41) is 0. The Morgan fingerprint density at radius 3 is 2.04 bits per heavy atom. The number of hydrogen-bond acceptors (Lipinski definition) is 3. The van der Waals surface area contributed by atoms with Gasteiger partial charge < -0.3 is 0 Å². The van der Waals surface area contributed by atoms with E-state index in [1.54, 1.807) is 6.21 Å². The summed E-state index contributed by atoms with van der Waals surface area (Å²) in [5.41, 5.74) is 6.15. The van der Waals surface area contributed by atoms with Gasteiger partial charge in [0.25, 0.3) is 0 Å². The molecule has 0 aromatic heterocycles. The largest absolute Gasteiger partial charge is 0.239 e. The van der Waals surface area contributed by atoms with Crippen LogP contribution in [0.5, 0.6) is 0 Å². The number of nitrogens with zero attached hydrogens (tertiary/aromatic N) is 2. The number of carbonyl (C=O) groups excluding carboxylic acids is 1. The van der Waals surface area contributed by atoms with E-state index in [9.17, 15) is 4.79 Å². The summed E-state index contributed by atoms with van der Waals surface area (Å²) < 4.78 is 0. The van der Waals surface area contributed by atoms with Crippen LogP contribution < -0.4 is 0 Å². The van der Waals surface area contributed by atoms with Crippen molar-refractivity contribution in [3.63, 3.8) is 0 Å². The molecule has 5 rings (SSSR count). The van der Waals surface area contributed by atoms with Crippen molar-refractivity contribution in [3.05, 3.63) is 83.2 Å². The van der Waals surface area contributed by atoms with E-state index in [2.05, 4.69) is 70.6 Å². The highest BCUT2D eigenvalue weighted by atomic mass is 16.1. The highest BCUT2D eigenvalue weighted by molar-refractivity contribution is 6.36. The Bertz CT molecular complexity index is 975. The lowest BCUT2D eigenvalue weighted by Gasteiger charge is -2.28. The Morgan fingerprint density at radius 2 is 1.52 bits per heavy atom. The molecule has 2 aromatic carbocycles. The van der Waals surface area contributed by atoms with Crippen molar-refractivity contribution in [1.82, 2.24) is 0 Å². The van der Waals surface area contributed by atoms with Gasteiger partial charge in [-0.3, -0.25) is 0 Å². The highest BCUT2D eigenvalue weighted by Crippen LogP contribution is 2.61. The van der Waals surface area contributed by atoms with Gasteiger partial charge in [0.2, 0.25) is 5.82 Å². The quantitative estimate of drug-likeness (QED) is 0.726. The maximum atomic E-state index is 11.0. The van der Waals surface area contributed by atoms with Crippen LogP contribution in [0.4, 0.5) is 0 Å². The molecule has 0 saturated heterocycles. The third-order valence-electron chi connectivity index (χ3n) is 6.27. The first-order valence-electron chi connectivity index (χ1n) is 9.56. The van der Waals surface area contributed by atoms with E-state index in [-0.39, 0.29) is 11.2 Å². The molecular formula is C24H20N2O. The molecule has 0 N–H and O–H groups in total. The van der Waals surface area contributed by atoms with Gasteiger partial charge >= 0.3 is 0 Å². The van der Waals surface area contributed by atoms with Gasteiger partial charge in [0, 0.05) is 5.41 Å². The lowest BCUT2D eigenvalue weighted by molar-refractivity contribution is 0.427. The van der Waals surface area contributed by atoms with Crippen LogP contribution in [-0.2, 0) is 4.79 Å². The predicted octanol–water partition coefficient (Wildman–Crippen LogP) is 4.88. The molecular weight excluding hydrogens is 332 g/mol. The monoisotopic (exact) mass is 352 g/mol. The second kappa shape index (κ2) is 6.29. The minimum absolute atomic E-state index is 0.103. The molecule has 2 fully saturated rings. The van der Waals surface area contributed by atoms with E-state index in [0.717, 1.165) is 18.6 Å². The van der Waals surface area contributed by atoms with Gasteiger partial charge in [0.15, 0.2) is 5.94 Å². The topological polar surface area (TPSA) is 41.8 Å². The molecule has 1 aliphatic heterocycles. The van der Waals surface area contributed by atoms with Crippen LogP contribution in [0.2, 0.25) is 0 Å². The van der Waals surface area contributed by atoms with E-state index >= 15 is 0 Å². The first-order chi connectivity index (χ1) is 13.3. The van der Waals surface area contributed by atoms with Crippen LogP contribution in [0, 0.1) is 11.3 Å². The molecule has 3 aliphatic rings. The van der Waals surface area contributed by atoms with Crippen molar-refractivity contribution in [3.8, 4) is 0 Å². The van der Waals surface area contributed by atoms with Gasteiger partial charge in [-0.15, -0.1) is 0 Å². The van der Waals surface area contributed by atoms with Crippen molar-refractivity contribution in [2.45, 2.75) is 25.7 Å². The van der Waals surface area contributed by atoms with Crippen LogP contribution in [-0.4, -0.2) is 17.9 Å². The van der Waals surface area contributed by atoms with Crippen molar-refractivity contribution in [2.75, 3.05) is 0 Å². The van der Waals surface area contributed by atoms with E-state index in [1.165, 1.54) is 35.1 Å². The number of benzene rings is 2. The van der Waals surface area contributed by atoms with E-state index in [1.807, 2.05) is 5.94 Å². The van der Waals surface area contributed by atoms with Crippen molar-refractivity contribution in [1.29, 1.82) is 0 Å². The maximum absolute atomic E-state index is 11.0. The molecule has 27 heavy (non-hydrogen) atoms. The molecule has 3 heteroatoms. The molecule has 0 atom stereocenters. The van der Waals surface area contributed by atoms with Crippen LogP contribution in [0.25, 0.3) is 5.57 Å². The zero-order valence-corrected chi connectivity index (χ0v) is 15.1. The normalized spacial score (nSPS) is 25.6. The Hall–Kier alpha value is -3.03. The van der Waals surface area contributed by atoms with Gasteiger partial charge in [-0.05, 0) is 53.9 Å². The number of aliphatic imine (C=N–C) groups is 2. The standard InChI is InChI=1S/C24H20N2O/c27-16-21-25-15-20(26-21)24-13-11-19(12-14-24)23(24)22(17-7-3-1-4-8-17)18-9-5-2-6-10-18/h1-10,15,19H,11-14H2. The number of allylic oxidation sites excluding steroid dienone is 1. The number of rotatable bonds is 3. The predicted molar refractivity (Wildman–Crippen MR) is 108 cm³/mol. The Labute approximate surface area is 158 Å². The fourth-order valence-electron chi connectivity index (χ4n) is 5.16. The fourth-order valence-corrected chi connectivity index (χ4v) is 5.16.